The number of nitrogens with zero attached hydrogens (tertiary/aromatic N) is 3. The molecule has 0 spiro atoms. The molecular weight excluding hydrogens is 265 g/mol. The number of halogens is 2. The molecule has 19 heavy (non-hydrogen) atoms. The van der Waals surface area contributed by atoms with E-state index in [1.807, 2.05) is 20.2 Å². The maximum atomic E-state index is 13.6. The fraction of sp³-hybridized carbons (Fsp3) is 0.500. The number of fused-ring (bicyclic) bond motifs is 1. The number of aromatic nitrogens is 2. The van der Waals surface area contributed by atoms with Gasteiger partial charge in [0.25, 0.3) is 0 Å². The summed E-state index contributed by atoms with van der Waals surface area (Å²) in [6, 6.07) is 3.68. The Labute approximate surface area is 118 Å². The monoisotopic (exact) mass is 283 g/mol. The lowest BCUT2D eigenvalue weighted by atomic mass is 10.2. The molecule has 1 aromatic heterocycles. The molecule has 2 aromatic rings. The molecule has 0 aliphatic carbocycles. The van der Waals surface area contributed by atoms with E-state index in [-0.39, 0.29) is 5.82 Å². The second-order valence-corrected chi connectivity index (χ2v) is 5.44. The zero-order valence-corrected chi connectivity index (χ0v) is 12.5. The van der Waals surface area contributed by atoms with E-state index in [1.54, 1.807) is 6.92 Å². The van der Waals surface area contributed by atoms with Crippen LogP contribution in [0.3, 0.4) is 0 Å². The van der Waals surface area contributed by atoms with E-state index >= 15 is 0 Å². The first-order valence-corrected chi connectivity index (χ1v) is 6.85. The average molecular weight is 284 g/mol. The minimum absolute atomic E-state index is 0.223. The first kappa shape index (κ1) is 14.3. The number of hydrogen-bond acceptors (Lipinski definition) is 2. The van der Waals surface area contributed by atoms with Crippen molar-refractivity contribution in [2.24, 2.45) is 0 Å². The summed E-state index contributed by atoms with van der Waals surface area (Å²) in [4.78, 5) is 6.56. The van der Waals surface area contributed by atoms with Crippen molar-refractivity contribution in [3.8, 4) is 0 Å². The van der Waals surface area contributed by atoms with Gasteiger partial charge in [-0.3, -0.25) is 0 Å². The summed E-state index contributed by atoms with van der Waals surface area (Å²) in [6.45, 7) is 4.69. The van der Waals surface area contributed by atoms with Crippen LogP contribution in [0, 0.1) is 12.7 Å². The third kappa shape index (κ3) is 2.74. The minimum atomic E-state index is -0.223. The lowest BCUT2D eigenvalue weighted by Gasteiger charge is -2.21. The van der Waals surface area contributed by atoms with Gasteiger partial charge in [-0.1, -0.05) is 0 Å². The number of alkyl halides is 1. The van der Waals surface area contributed by atoms with Crippen LogP contribution in [0.25, 0.3) is 11.0 Å². The molecule has 2 rings (SSSR count). The summed E-state index contributed by atoms with van der Waals surface area (Å²) in [5, 5.41) is 0. The summed E-state index contributed by atoms with van der Waals surface area (Å²) < 4.78 is 15.7. The van der Waals surface area contributed by atoms with Crippen LogP contribution in [0.15, 0.2) is 12.1 Å². The molecular formula is C14H19ClFN3. The van der Waals surface area contributed by atoms with E-state index in [4.69, 9.17) is 11.6 Å². The predicted octanol–water partition coefficient (Wildman–Crippen LogP) is 3.17. The van der Waals surface area contributed by atoms with Gasteiger partial charge in [-0.2, -0.15) is 0 Å². The van der Waals surface area contributed by atoms with Crippen LogP contribution < -0.4 is 0 Å². The number of benzene rings is 1. The normalized spacial score (nSPS) is 13.4. The SMILES string of the molecule is Cc1cc2c(cc1F)nc(CCl)n2CC(C)N(C)C. The number of likely N-dealkylation sites (N-methyl/N-ethyl adjacent to an activating group) is 1. The van der Waals surface area contributed by atoms with Gasteiger partial charge in [-0.25, -0.2) is 9.37 Å². The van der Waals surface area contributed by atoms with Crippen molar-refractivity contribution in [2.75, 3.05) is 14.1 Å². The third-order valence-corrected chi connectivity index (χ3v) is 3.79. The van der Waals surface area contributed by atoms with E-state index in [1.165, 1.54) is 6.07 Å². The quantitative estimate of drug-likeness (QED) is 0.804. The van der Waals surface area contributed by atoms with Crippen LogP contribution in [0.1, 0.15) is 18.3 Å². The molecule has 0 saturated carbocycles. The van der Waals surface area contributed by atoms with Gasteiger partial charge in [0.05, 0.1) is 16.9 Å². The molecule has 3 nitrogen and oxygen atoms in total. The lowest BCUT2D eigenvalue weighted by Crippen LogP contribution is -2.29. The maximum absolute atomic E-state index is 13.6. The molecule has 5 heteroatoms. The molecule has 1 unspecified atom stereocenters. The van der Waals surface area contributed by atoms with Crippen molar-refractivity contribution in [3.05, 3.63) is 29.3 Å². The second-order valence-electron chi connectivity index (χ2n) is 5.18. The van der Waals surface area contributed by atoms with Crippen molar-refractivity contribution < 1.29 is 4.39 Å². The average Bonchev–Trinajstić information content (AvgIpc) is 2.67. The molecule has 0 saturated heterocycles. The molecule has 0 aliphatic heterocycles. The van der Waals surface area contributed by atoms with Gasteiger partial charge in [0.1, 0.15) is 11.6 Å². The van der Waals surface area contributed by atoms with E-state index in [0.29, 0.717) is 23.0 Å². The zero-order chi connectivity index (χ0) is 14.2. The summed E-state index contributed by atoms with van der Waals surface area (Å²) in [5.41, 5.74) is 2.25. The molecule has 0 fully saturated rings. The van der Waals surface area contributed by atoms with Gasteiger partial charge < -0.3 is 9.47 Å². The van der Waals surface area contributed by atoms with Gasteiger partial charge in [0.15, 0.2) is 0 Å². The van der Waals surface area contributed by atoms with Gasteiger partial charge in [-0.05, 0) is 39.6 Å². The second kappa shape index (κ2) is 5.47. The van der Waals surface area contributed by atoms with Crippen LogP contribution in [-0.2, 0) is 12.4 Å². The van der Waals surface area contributed by atoms with Gasteiger partial charge in [0, 0.05) is 18.7 Å². The number of rotatable bonds is 4. The number of aryl methyl sites for hydroxylation is 1. The van der Waals surface area contributed by atoms with Crippen LogP contribution in [0.5, 0.6) is 0 Å². The van der Waals surface area contributed by atoms with Gasteiger partial charge >= 0.3 is 0 Å². The van der Waals surface area contributed by atoms with Crippen LogP contribution in [0.2, 0.25) is 0 Å². The molecule has 1 atom stereocenters. The van der Waals surface area contributed by atoms with Crippen LogP contribution in [-0.4, -0.2) is 34.6 Å². The molecule has 1 heterocycles. The van der Waals surface area contributed by atoms with Crippen molar-refractivity contribution in [3.63, 3.8) is 0 Å². The highest BCUT2D eigenvalue weighted by Gasteiger charge is 2.15. The molecule has 1 aromatic carbocycles. The fourth-order valence-electron chi connectivity index (χ4n) is 2.03. The summed E-state index contributed by atoms with van der Waals surface area (Å²) in [5.74, 6) is 0.893. The third-order valence-electron chi connectivity index (χ3n) is 3.56. The van der Waals surface area contributed by atoms with Crippen LogP contribution in [0.4, 0.5) is 4.39 Å². The molecule has 0 radical (unpaired) electrons. The Hall–Kier alpha value is -1.13. The topological polar surface area (TPSA) is 21.1 Å². The summed E-state index contributed by atoms with van der Waals surface area (Å²) in [7, 11) is 4.07. The molecule has 0 N–H and O–H groups in total. The highest BCUT2D eigenvalue weighted by atomic mass is 35.5. The number of hydrogen-bond donors (Lipinski definition) is 0. The van der Waals surface area contributed by atoms with Crippen molar-refractivity contribution >= 4 is 22.6 Å². The highest BCUT2D eigenvalue weighted by molar-refractivity contribution is 6.16. The first-order valence-electron chi connectivity index (χ1n) is 6.31. The van der Waals surface area contributed by atoms with Crippen molar-refractivity contribution in [1.82, 2.24) is 14.5 Å². The Balaban J connectivity index is 2.53. The Morgan fingerprint density at radius 3 is 2.68 bits per heavy atom. The molecule has 0 amide bonds. The summed E-state index contributed by atoms with van der Waals surface area (Å²) in [6.07, 6.45) is 0. The Morgan fingerprint density at radius 2 is 2.11 bits per heavy atom. The van der Waals surface area contributed by atoms with E-state index in [0.717, 1.165) is 17.9 Å². The van der Waals surface area contributed by atoms with Crippen molar-refractivity contribution in [2.45, 2.75) is 32.3 Å². The maximum Gasteiger partial charge on any atom is 0.128 e. The standard InChI is InChI=1S/C14H19ClFN3/c1-9-5-13-12(6-11(9)16)17-14(7-15)19(13)8-10(2)18(3)4/h5-6,10H,7-8H2,1-4H3. The summed E-state index contributed by atoms with van der Waals surface area (Å²) >= 11 is 5.96. The van der Waals surface area contributed by atoms with E-state index in [9.17, 15) is 4.39 Å². The Kier molecular flexibility index (Phi) is 4.11. The predicted molar refractivity (Wildman–Crippen MR) is 77.1 cm³/mol. The molecule has 0 bridgehead atoms. The lowest BCUT2D eigenvalue weighted by molar-refractivity contribution is 0.284. The Morgan fingerprint density at radius 1 is 1.42 bits per heavy atom. The van der Waals surface area contributed by atoms with E-state index < -0.39 is 0 Å². The highest BCUT2D eigenvalue weighted by Crippen LogP contribution is 2.22. The fourth-order valence-corrected chi connectivity index (χ4v) is 2.24. The minimum Gasteiger partial charge on any atom is -0.325 e. The Bertz CT molecular complexity index is 592. The molecule has 104 valence electrons. The largest absolute Gasteiger partial charge is 0.325 e. The van der Waals surface area contributed by atoms with Gasteiger partial charge in [-0.15, -0.1) is 11.6 Å². The zero-order valence-electron chi connectivity index (χ0n) is 11.7. The molecule has 0 aliphatic rings. The smallest absolute Gasteiger partial charge is 0.128 e. The number of imidazole rings is 1. The van der Waals surface area contributed by atoms with Crippen molar-refractivity contribution in [1.29, 1.82) is 0 Å². The van der Waals surface area contributed by atoms with Gasteiger partial charge in [0.2, 0.25) is 0 Å². The van der Waals surface area contributed by atoms with E-state index in [2.05, 4.69) is 21.4 Å². The van der Waals surface area contributed by atoms with Crippen LogP contribution >= 0.6 is 11.6 Å². The first-order chi connectivity index (χ1) is 8.93.